The van der Waals surface area contributed by atoms with Crippen molar-refractivity contribution >= 4 is 10.9 Å². The minimum Gasteiger partial charge on any atom is -0.358 e. The zero-order chi connectivity index (χ0) is 13.1. The van der Waals surface area contributed by atoms with Crippen LogP contribution in [0.1, 0.15) is 25.1 Å². The standard InChI is InChI=1S/C15H23N3/c1-10(2)15(8-16)17-9-13-11(3)18-14-7-5-4-6-12(13)14/h4-7,10,15,17-18H,8-9,16H2,1-3H3. The molecule has 0 fully saturated rings. The SMILES string of the molecule is Cc1[nH]c2ccccc2c1CNC(CN)C(C)C. The van der Waals surface area contributed by atoms with Crippen LogP contribution in [0.3, 0.4) is 0 Å². The maximum Gasteiger partial charge on any atom is 0.0459 e. The summed E-state index contributed by atoms with van der Waals surface area (Å²) in [5, 5.41) is 4.87. The highest BCUT2D eigenvalue weighted by molar-refractivity contribution is 5.84. The number of hydrogen-bond acceptors (Lipinski definition) is 2. The van der Waals surface area contributed by atoms with Crippen molar-refractivity contribution in [3.05, 3.63) is 35.5 Å². The topological polar surface area (TPSA) is 53.8 Å². The van der Waals surface area contributed by atoms with E-state index in [0.29, 0.717) is 18.5 Å². The number of fused-ring (bicyclic) bond motifs is 1. The van der Waals surface area contributed by atoms with Gasteiger partial charge in [-0.25, -0.2) is 0 Å². The smallest absolute Gasteiger partial charge is 0.0459 e. The van der Waals surface area contributed by atoms with Crippen LogP contribution in [0.4, 0.5) is 0 Å². The molecule has 0 spiro atoms. The number of hydrogen-bond donors (Lipinski definition) is 3. The van der Waals surface area contributed by atoms with E-state index in [4.69, 9.17) is 5.73 Å². The van der Waals surface area contributed by atoms with Crippen LogP contribution in [0.2, 0.25) is 0 Å². The van der Waals surface area contributed by atoms with Crippen molar-refractivity contribution in [3.63, 3.8) is 0 Å². The Morgan fingerprint density at radius 2 is 2.00 bits per heavy atom. The molecule has 0 saturated carbocycles. The molecule has 2 aromatic rings. The van der Waals surface area contributed by atoms with Gasteiger partial charge >= 0.3 is 0 Å². The van der Waals surface area contributed by atoms with Crippen molar-refractivity contribution in [1.29, 1.82) is 0 Å². The van der Waals surface area contributed by atoms with E-state index >= 15 is 0 Å². The van der Waals surface area contributed by atoms with E-state index in [1.165, 1.54) is 22.2 Å². The van der Waals surface area contributed by atoms with Crippen LogP contribution >= 0.6 is 0 Å². The molecule has 1 aromatic heterocycles. The molecule has 0 amide bonds. The summed E-state index contributed by atoms with van der Waals surface area (Å²) in [4.78, 5) is 3.43. The molecular formula is C15H23N3. The lowest BCUT2D eigenvalue weighted by atomic mass is 10.0. The highest BCUT2D eigenvalue weighted by atomic mass is 14.9. The van der Waals surface area contributed by atoms with Gasteiger partial charge in [0.05, 0.1) is 0 Å². The molecule has 0 aliphatic rings. The summed E-state index contributed by atoms with van der Waals surface area (Å²) < 4.78 is 0. The summed E-state index contributed by atoms with van der Waals surface area (Å²) in [6.45, 7) is 8.08. The summed E-state index contributed by atoms with van der Waals surface area (Å²) in [6, 6.07) is 8.81. The normalized spacial score (nSPS) is 13.4. The first-order valence-electron chi connectivity index (χ1n) is 6.63. The largest absolute Gasteiger partial charge is 0.358 e. The molecule has 4 N–H and O–H groups in total. The molecule has 0 aliphatic carbocycles. The molecule has 3 nitrogen and oxygen atoms in total. The average Bonchev–Trinajstić information content (AvgIpc) is 2.66. The first-order valence-corrected chi connectivity index (χ1v) is 6.63. The number of rotatable bonds is 5. The third-order valence-corrected chi connectivity index (χ3v) is 3.63. The maximum absolute atomic E-state index is 5.79. The molecule has 0 saturated heterocycles. The van der Waals surface area contributed by atoms with E-state index in [2.05, 4.69) is 55.3 Å². The summed E-state index contributed by atoms with van der Waals surface area (Å²) in [6.07, 6.45) is 0. The molecule has 0 aliphatic heterocycles. The fraction of sp³-hybridized carbons (Fsp3) is 0.467. The van der Waals surface area contributed by atoms with Crippen molar-refractivity contribution in [3.8, 4) is 0 Å². The summed E-state index contributed by atoms with van der Waals surface area (Å²) in [5.41, 5.74) is 9.59. The minimum atomic E-state index is 0.373. The van der Waals surface area contributed by atoms with Crippen LogP contribution in [0.5, 0.6) is 0 Å². The van der Waals surface area contributed by atoms with E-state index < -0.39 is 0 Å². The first kappa shape index (κ1) is 13.1. The van der Waals surface area contributed by atoms with Crippen LogP contribution in [0.15, 0.2) is 24.3 Å². The van der Waals surface area contributed by atoms with Gasteiger partial charge in [-0.15, -0.1) is 0 Å². The van der Waals surface area contributed by atoms with E-state index in [0.717, 1.165) is 6.54 Å². The van der Waals surface area contributed by atoms with E-state index in [-0.39, 0.29) is 0 Å². The molecule has 1 heterocycles. The fourth-order valence-electron chi connectivity index (χ4n) is 2.39. The first-order chi connectivity index (χ1) is 8.63. The minimum absolute atomic E-state index is 0.373. The zero-order valence-electron chi connectivity index (χ0n) is 11.5. The van der Waals surface area contributed by atoms with Crippen LogP contribution in [0, 0.1) is 12.8 Å². The molecular weight excluding hydrogens is 222 g/mol. The predicted octanol–water partition coefficient (Wildman–Crippen LogP) is 2.55. The summed E-state index contributed by atoms with van der Waals surface area (Å²) in [7, 11) is 0. The van der Waals surface area contributed by atoms with Gasteiger partial charge in [0.1, 0.15) is 0 Å². The Balaban J connectivity index is 2.19. The third-order valence-electron chi connectivity index (χ3n) is 3.63. The molecule has 98 valence electrons. The number of aryl methyl sites for hydroxylation is 1. The second-order valence-electron chi connectivity index (χ2n) is 5.24. The van der Waals surface area contributed by atoms with Gasteiger partial charge in [-0.05, 0) is 24.5 Å². The quantitative estimate of drug-likeness (QED) is 0.758. The Kier molecular flexibility index (Phi) is 4.04. The predicted molar refractivity (Wildman–Crippen MR) is 77.6 cm³/mol. The average molecular weight is 245 g/mol. The molecule has 18 heavy (non-hydrogen) atoms. The van der Waals surface area contributed by atoms with Gasteiger partial charge in [0, 0.05) is 35.7 Å². The van der Waals surface area contributed by atoms with Gasteiger partial charge in [0.15, 0.2) is 0 Å². The zero-order valence-corrected chi connectivity index (χ0v) is 11.5. The maximum atomic E-state index is 5.79. The van der Waals surface area contributed by atoms with E-state index in [1.807, 2.05) is 0 Å². The lowest BCUT2D eigenvalue weighted by molar-refractivity contribution is 0.405. The highest BCUT2D eigenvalue weighted by Gasteiger charge is 2.13. The van der Waals surface area contributed by atoms with Gasteiger partial charge < -0.3 is 16.0 Å². The molecule has 1 unspecified atom stereocenters. The Morgan fingerprint density at radius 3 is 2.67 bits per heavy atom. The van der Waals surface area contributed by atoms with Gasteiger partial charge in [-0.2, -0.15) is 0 Å². The fourth-order valence-corrected chi connectivity index (χ4v) is 2.39. The Hall–Kier alpha value is -1.32. The van der Waals surface area contributed by atoms with Crippen LogP contribution in [-0.4, -0.2) is 17.6 Å². The molecule has 1 aromatic carbocycles. The van der Waals surface area contributed by atoms with Gasteiger partial charge in [-0.3, -0.25) is 0 Å². The summed E-state index contributed by atoms with van der Waals surface area (Å²) >= 11 is 0. The summed E-state index contributed by atoms with van der Waals surface area (Å²) in [5.74, 6) is 0.556. The van der Waals surface area contributed by atoms with E-state index in [9.17, 15) is 0 Å². The van der Waals surface area contributed by atoms with Crippen LogP contribution in [0.25, 0.3) is 10.9 Å². The van der Waals surface area contributed by atoms with Gasteiger partial charge in [0.25, 0.3) is 0 Å². The molecule has 0 radical (unpaired) electrons. The van der Waals surface area contributed by atoms with Crippen molar-refractivity contribution in [2.75, 3.05) is 6.54 Å². The number of benzene rings is 1. The molecule has 3 heteroatoms. The molecule has 1 atom stereocenters. The number of nitrogens with one attached hydrogen (secondary N) is 2. The Labute approximate surface area is 109 Å². The third kappa shape index (κ3) is 2.57. The Morgan fingerprint density at radius 1 is 1.28 bits per heavy atom. The van der Waals surface area contributed by atoms with Gasteiger partial charge in [-0.1, -0.05) is 32.0 Å². The van der Waals surface area contributed by atoms with E-state index in [1.54, 1.807) is 0 Å². The second-order valence-corrected chi connectivity index (χ2v) is 5.24. The number of aromatic amines is 1. The molecule has 2 rings (SSSR count). The monoisotopic (exact) mass is 245 g/mol. The Bertz CT molecular complexity index is 513. The second kappa shape index (κ2) is 5.55. The number of H-pyrrole nitrogens is 1. The van der Waals surface area contributed by atoms with Crippen molar-refractivity contribution in [2.24, 2.45) is 11.7 Å². The van der Waals surface area contributed by atoms with Gasteiger partial charge in [0.2, 0.25) is 0 Å². The lowest BCUT2D eigenvalue weighted by Crippen LogP contribution is -2.39. The van der Waals surface area contributed by atoms with Crippen LogP contribution in [-0.2, 0) is 6.54 Å². The van der Waals surface area contributed by atoms with Crippen molar-refractivity contribution < 1.29 is 0 Å². The number of nitrogens with two attached hydrogens (primary N) is 1. The molecule has 0 bridgehead atoms. The van der Waals surface area contributed by atoms with Crippen molar-refractivity contribution in [1.82, 2.24) is 10.3 Å². The number of para-hydroxylation sites is 1. The lowest BCUT2D eigenvalue weighted by Gasteiger charge is -2.20. The van der Waals surface area contributed by atoms with Crippen molar-refractivity contribution in [2.45, 2.75) is 33.4 Å². The number of aromatic nitrogens is 1. The van der Waals surface area contributed by atoms with Crippen LogP contribution < -0.4 is 11.1 Å². The highest BCUT2D eigenvalue weighted by Crippen LogP contribution is 2.21.